The van der Waals surface area contributed by atoms with Crippen LogP contribution in [0.15, 0.2) is 12.1 Å². The van der Waals surface area contributed by atoms with Crippen LogP contribution in [0.3, 0.4) is 0 Å². The highest BCUT2D eigenvalue weighted by Gasteiger charge is 2.20. The molecular formula is C12H17F2NO2. The first-order valence-electron chi connectivity index (χ1n) is 5.29. The summed E-state index contributed by atoms with van der Waals surface area (Å²) in [7, 11) is 2.84. The molecule has 0 aliphatic rings. The van der Waals surface area contributed by atoms with Gasteiger partial charge in [-0.1, -0.05) is 6.92 Å². The number of hydrogen-bond donors (Lipinski definition) is 1. The zero-order valence-corrected chi connectivity index (χ0v) is 10.2. The van der Waals surface area contributed by atoms with Gasteiger partial charge in [0.2, 0.25) is 0 Å². The summed E-state index contributed by atoms with van der Waals surface area (Å²) in [6.07, 6.45) is -2.58. The number of hydrogen-bond acceptors (Lipinski definition) is 3. The third kappa shape index (κ3) is 2.85. The van der Waals surface area contributed by atoms with Crippen molar-refractivity contribution in [2.24, 2.45) is 5.73 Å². The fourth-order valence-electron chi connectivity index (χ4n) is 1.63. The second-order valence-electron chi connectivity index (χ2n) is 3.77. The van der Waals surface area contributed by atoms with Gasteiger partial charge in [0, 0.05) is 6.07 Å². The molecule has 0 amide bonds. The normalized spacial score (nSPS) is 12.6. The van der Waals surface area contributed by atoms with Gasteiger partial charge in [-0.2, -0.15) is 0 Å². The van der Waals surface area contributed by atoms with Crippen LogP contribution in [0.4, 0.5) is 8.78 Å². The highest BCUT2D eigenvalue weighted by Crippen LogP contribution is 2.37. The third-order valence-corrected chi connectivity index (χ3v) is 2.70. The van der Waals surface area contributed by atoms with Gasteiger partial charge < -0.3 is 15.2 Å². The predicted molar refractivity (Wildman–Crippen MR) is 62.0 cm³/mol. The molecule has 17 heavy (non-hydrogen) atoms. The van der Waals surface area contributed by atoms with Crippen LogP contribution in [-0.2, 0) is 0 Å². The number of ether oxygens (including phenoxy) is 2. The summed E-state index contributed by atoms with van der Waals surface area (Å²) < 4.78 is 35.8. The molecule has 2 N–H and O–H groups in total. The minimum Gasteiger partial charge on any atom is -0.496 e. The summed E-state index contributed by atoms with van der Waals surface area (Å²) in [5.74, 6) is 0.599. The van der Waals surface area contributed by atoms with Crippen LogP contribution in [-0.4, -0.2) is 20.8 Å². The van der Waals surface area contributed by atoms with Crippen LogP contribution in [0.2, 0.25) is 0 Å². The van der Waals surface area contributed by atoms with E-state index in [2.05, 4.69) is 0 Å². The van der Waals surface area contributed by atoms with Crippen LogP contribution in [0.5, 0.6) is 11.5 Å². The van der Waals surface area contributed by atoms with Gasteiger partial charge in [0.05, 0.1) is 19.8 Å². The molecule has 96 valence electrons. The largest absolute Gasteiger partial charge is 0.496 e. The van der Waals surface area contributed by atoms with Crippen LogP contribution >= 0.6 is 0 Å². The van der Waals surface area contributed by atoms with E-state index in [0.29, 0.717) is 17.9 Å². The molecule has 1 unspecified atom stereocenters. The molecule has 0 aliphatic carbocycles. The van der Waals surface area contributed by atoms with Gasteiger partial charge in [0.1, 0.15) is 11.5 Å². The van der Waals surface area contributed by atoms with E-state index in [1.54, 1.807) is 0 Å². The SMILES string of the molecule is COc1cc(OC)c(C(C)CN)cc1C(F)F. The molecule has 1 atom stereocenters. The zero-order valence-electron chi connectivity index (χ0n) is 10.2. The number of nitrogens with two attached hydrogens (primary N) is 1. The summed E-state index contributed by atoms with van der Waals surface area (Å²) in [4.78, 5) is 0. The maximum atomic E-state index is 12.8. The molecule has 1 aromatic carbocycles. The Bertz CT molecular complexity index is 383. The summed E-state index contributed by atoms with van der Waals surface area (Å²) in [5, 5.41) is 0. The summed E-state index contributed by atoms with van der Waals surface area (Å²) in [5.41, 5.74) is 6.09. The van der Waals surface area contributed by atoms with E-state index < -0.39 is 6.43 Å². The maximum absolute atomic E-state index is 12.8. The number of benzene rings is 1. The lowest BCUT2D eigenvalue weighted by Crippen LogP contribution is -2.11. The highest BCUT2D eigenvalue weighted by molar-refractivity contribution is 5.48. The van der Waals surface area contributed by atoms with E-state index in [1.807, 2.05) is 6.92 Å². The number of methoxy groups -OCH3 is 2. The average Bonchev–Trinajstić information content (AvgIpc) is 2.35. The number of rotatable bonds is 5. The van der Waals surface area contributed by atoms with Crippen LogP contribution < -0.4 is 15.2 Å². The fraction of sp³-hybridized carbons (Fsp3) is 0.500. The number of halogens is 2. The predicted octanol–water partition coefficient (Wildman–Crippen LogP) is 2.70. The van der Waals surface area contributed by atoms with E-state index in [1.165, 1.54) is 26.4 Å². The Hall–Kier alpha value is -1.36. The van der Waals surface area contributed by atoms with Crippen molar-refractivity contribution in [3.8, 4) is 11.5 Å². The maximum Gasteiger partial charge on any atom is 0.267 e. The quantitative estimate of drug-likeness (QED) is 0.867. The summed E-state index contributed by atoms with van der Waals surface area (Å²) >= 11 is 0. The minimum absolute atomic E-state index is 0.0478. The topological polar surface area (TPSA) is 44.5 Å². The van der Waals surface area contributed by atoms with E-state index in [0.717, 1.165) is 0 Å². The lowest BCUT2D eigenvalue weighted by molar-refractivity contribution is 0.146. The van der Waals surface area contributed by atoms with E-state index >= 15 is 0 Å². The molecule has 0 fully saturated rings. The minimum atomic E-state index is -2.58. The second-order valence-corrected chi connectivity index (χ2v) is 3.77. The van der Waals surface area contributed by atoms with Crippen molar-refractivity contribution in [3.63, 3.8) is 0 Å². The second kappa shape index (κ2) is 5.82. The monoisotopic (exact) mass is 245 g/mol. The van der Waals surface area contributed by atoms with Crippen molar-refractivity contribution < 1.29 is 18.3 Å². The first-order valence-corrected chi connectivity index (χ1v) is 5.29. The third-order valence-electron chi connectivity index (χ3n) is 2.70. The van der Waals surface area contributed by atoms with Crippen LogP contribution in [0, 0.1) is 0 Å². The van der Waals surface area contributed by atoms with Crippen molar-refractivity contribution in [3.05, 3.63) is 23.3 Å². The average molecular weight is 245 g/mol. The molecule has 1 rings (SSSR count). The van der Waals surface area contributed by atoms with Gasteiger partial charge in [-0.25, -0.2) is 8.78 Å². The van der Waals surface area contributed by atoms with Gasteiger partial charge in [0.25, 0.3) is 6.43 Å². The molecule has 5 heteroatoms. The lowest BCUT2D eigenvalue weighted by atomic mass is 9.97. The Morgan fingerprint density at radius 2 is 1.65 bits per heavy atom. The molecule has 0 aromatic heterocycles. The Morgan fingerprint density at radius 3 is 2.06 bits per heavy atom. The van der Waals surface area contributed by atoms with Gasteiger partial charge in [-0.05, 0) is 24.1 Å². The molecule has 0 saturated carbocycles. The molecule has 0 radical (unpaired) electrons. The molecule has 1 aromatic rings. The van der Waals surface area contributed by atoms with Crippen LogP contribution in [0.1, 0.15) is 30.4 Å². The van der Waals surface area contributed by atoms with Crippen LogP contribution in [0.25, 0.3) is 0 Å². The number of alkyl halides is 2. The van der Waals surface area contributed by atoms with E-state index in [-0.39, 0.29) is 17.2 Å². The van der Waals surface area contributed by atoms with Gasteiger partial charge in [-0.15, -0.1) is 0 Å². The van der Waals surface area contributed by atoms with Crippen molar-refractivity contribution in [1.82, 2.24) is 0 Å². The molecule has 0 aliphatic heterocycles. The van der Waals surface area contributed by atoms with Gasteiger partial charge in [-0.3, -0.25) is 0 Å². The Balaban J connectivity index is 3.33. The van der Waals surface area contributed by atoms with Gasteiger partial charge in [0.15, 0.2) is 0 Å². The van der Waals surface area contributed by atoms with Crippen molar-refractivity contribution in [2.75, 3.05) is 20.8 Å². The zero-order chi connectivity index (χ0) is 13.0. The Kier molecular flexibility index (Phi) is 4.69. The molecule has 0 heterocycles. The van der Waals surface area contributed by atoms with Crippen molar-refractivity contribution >= 4 is 0 Å². The molecule has 0 spiro atoms. The fourth-order valence-corrected chi connectivity index (χ4v) is 1.63. The standard InChI is InChI=1S/C12H17F2NO2/c1-7(6-15)8-4-9(12(13)14)11(17-3)5-10(8)16-2/h4-5,7,12H,6,15H2,1-3H3. The van der Waals surface area contributed by atoms with Crippen molar-refractivity contribution in [2.45, 2.75) is 19.3 Å². The molecular weight excluding hydrogens is 228 g/mol. The molecule has 0 saturated heterocycles. The summed E-state index contributed by atoms with van der Waals surface area (Å²) in [6, 6.07) is 2.88. The van der Waals surface area contributed by atoms with Gasteiger partial charge >= 0.3 is 0 Å². The van der Waals surface area contributed by atoms with E-state index in [9.17, 15) is 8.78 Å². The first-order chi connectivity index (χ1) is 8.04. The highest BCUT2D eigenvalue weighted by atomic mass is 19.3. The Labute approximate surface area is 99.5 Å². The summed E-state index contributed by atoms with van der Waals surface area (Å²) in [6.45, 7) is 2.23. The molecule has 3 nitrogen and oxygen atoms in total. The lowest BCUT2D eigenvalue weighted by Gasteiger charge is -2.17. The van der Waals surface area contributed by atoms with Crippen molar-refractivity contribution in [1.29, 1.82) is 0 Å². The Morgan fingerprint density at radius 1 is 1.12 bits per heavy atom. The van der Waals surface area contributed by atoms with E-state index in [4.69, 9.17) is 15.2 Å². The smallest absolute Gasteiger partial charge is 0.267 e. The molecule has 0 bridgehead atoms. The first kappa shape index (κ1) is 13.7.